The van der Waals surface area contributed by atoms with Crippen LogP contribution in [-0.2, 0) is 6.42 Å². The molecular formula is C16H20N2O3. The maximum absolute atomic E-state index is 12.6. The highest BCUT2D eigenvalue weighted by Crippen LogP contribution is 2.26. The first kappa shape index (κ1) is 14.0. The van der Waals surface area contributed by atoms with Crippen molar-refractivity contribution in [3.63, 3.8) is 0 Å². The molecule has 3 rings (SSSR count). The second-order valence-corrected chi connectivity index (χ2v) is 5.62. The molecule has 0 amide bonds. The smallest absolute Gasteiger partial charge is 0.246 e. The van der Waals surface area contributed by atoms with Crippen LogP contribution in [0.15, 0.2) is 16.2 Å². The Labute approximate surface area is 124 Å². The number of carbonyl (C=O) groups is 2. The fourth-order valence-electron chi connectivity index (χ4n) is 2.93. The molecule has 1 fully saturated rings. The third-order valence-corrected chi connectivity index (χ3v) is 4.11. The van der Waals surface area contributed by atoms with Gasteiger partial charge in [0.1, 0.15) is 0 Å². The number of allylic oxidation sites excluding steroid dienone is 2. The van der Waals surface area contributed by atoms with Gasteiger partial charge in [0.05, 0.1) is 5.70 Å². The number of oxazole rings is 1. The third kappa shape index (κ3) is 2.64. The number of hydrogen-bond donors (Lipinski definition) is 0. The van der Waals surface area contributed by atoms with Crippen LogP contribution in [0, 0.1) is 0 Å². The molecule has 0 radical (unpaired) electrons. The van der Waals surface area contributed by atoms with Crippen molar-refractivity contribution in [1.82, 2.24) is 9.88 Å². The SMILES string of the molecule is CCc1nc2c(o1)C(=O)C(N1CCCCCCC1)=CC2=O. The van der Waals surface area contributed by atoms with Gasteiger partial charge in [-0.05, 0) is 12.8 Å². The highest BCUT2D eigenvalue weighted by Gasteiger charge is 2.34. The lowest BCUT2D eigenvalue weighted by Crippen LogP contribution is -2.33. The number of nitrogens with zero attached hydrogens (tertiary/aromatic N) is 2. The topological polar surface area (TPSA) is 63.4 Å². The van der Waals surface area contributed by atoms with Gasteiger partial charge in [-0.1, -0.05) is 26.2 Å². The van der Waals surface area contributed by atoms with Gasteiger partial charge in [-0.25, -0.2) is 4.98 Å². The molecule has 1 aromatic heterocycles. The molecule has 1 aliphatic heterocycles. The summed E-state index contributed by atoms with van der Waals surface area (Å²) >= 11 is 0. The van der Waals surface area contributed by atoms with Gasteiger partial charge < -0.3 is 9.32 Å². The van der Waals surface area contributed by atoms with Crippen LogP contribution in [0.5, 0.6) is 0 Å². The van der Waals surface area contributed by atoms with E-state index >= 15 is 0 Å². The Hall–Kier alpha value is -1.91. The summed E-state index contributed by atoms with van der Waals surface area (Å²) in [6.07, 6.45) is 7.75. The number of fused-ring (bicyclic) bond motifs is 1. The summed E-state index contributed by atoms with van der Waals surface area (Å²) in [6.45, 7) is 3.54. The highest BCUT2D eigenvalue weighted by molar-refractivity contribution is 6.22. The van der Waals surface area contributed by atoms with Gasteiger partial charge in [0.25, 0.3) is 0 Å². The fraction of sp³-hybridized carbons (Fsp3) is 0.562. The molecule has 1 aliphatic carbocycles. The second-order valence-electron chi connectivity index (χ2n) is 5.62. The van der Waals surface area contributed by atoms with Crippen molar-refractivity contribution in [2.45, 2.75) is 45.4 Å². The maximum Gasteiger partial charge on any atom is 0.246 e. The number of carbonyl (C=O) groups excluding carboxylic acids is 2. The largest absolute Gasteiger partial charge is 0.436 e. The van der Waals surface area contributed by atoms with E-state index in [0.29, 0.717) is 18.0 Å². The van der Waals surface area contributed by atoms with E-state index in [1.165, 1.54) is 25.3 Å². The van der Waals surface area contributed by atoms with Gasteiger partial charge in [-0.15, -0.1) is 0 Å². The predicted octanol–water partition coefficient (Wildman–Crippen LogP) is 2.77. The summed E-state index contributed by atoms with van der Waals surface area (Å²) in [5.74, 6) is 0.155. The molecule has 1 aromatic rings. The van der Waals surface area contributed by atoms with Gasteiger partial charge in [-0.2, -0.15) is 0 Å². The zero-order valence-electron chi connectivity index (χ0n) is 12.4. The van der Waals surface area contributed by atoms with E-state index in [4.69, 9.17) is 4.42 Å². The van der Waals surface area contributed by atoms with Crippen LogP contribution in [0.25, 0.3) is 0 Å². The van der Waals surface area contributed by atoms with Crippen LogP contribution >= 0.6 is 0 Å². The summed E-state index contributed by atoms with van der Waals surface area (Å²) in [4.78, 5) is 30.9. The first-order chi connectivity index (χ1) is 10.2. The van der Waals surface area contributed by atoms with Crippen LogP contribution in [0.1, 0.15) is 66.0 Å². The number of ketones is 2. The average Bonchev–Trinajstić information content (AvgIpc) is 2.88. The van der Waals surface area contributed by atoms with E-state index in [1.807, 2.05) is 11.8 Å². The Morgan fingerprint density at radius 3 is 2.48 bits per heavy atom. The number of Topliss-reactive ketones (excluding diaryl/α,β-unsaturated/α-hetero) is 1. The van der Waals surface area contributed by atoms with Gasteiger partial charge in [0, 0.05) is 25.6 Å². The quantitative estimate of drug-likeness (QED) is 0.837. The lowest BCUT2D eigenvalue weighted by atomic mass is 10.0. The molecular weight excluding hydrogens is 268 g/mol. The van der Waals surface area contributed by atoms with E-state index in [9.17, 15) is 9.59 Å². The van der Waals surface area contributed by atoms with Gasteiger partial charge in [0.2, 0.25) is 17.3 Å². The zero-order valence-corrected chi connectivity index (χ0v) is 12.4. The maximum atomic E-state index is 12.6. The number of likely N-dealkylation sites (tertiary alicyclic amines) is 1. The lowest BCUT2D eigenvalue weighted by Gasteiger charge is -2.28. The van der Waals surface area contributed by atoms with Gasteiger partial charge in [0.15, 0.2) is 11.6 Å². The number of aryl methyl sites for hydroxylation is 1. The zero-order chi connectivity index (χ0) is 14.8. The predicted molar refractivity (Wildman–Crippen MR) is 77.3 cm³/mol. The average molecular weight is 288 g/mol. The summed E-state index contributed by atoms with van der Waals surface area (Å²) in [7, 11) is 0. The minimum absolute atomic E-state index is 0.122. The van der Waals surface area contributed by atoms with E-state index in [0.717, 1.165) is 25.9 Å². The molecule has 5 nitrogen and oxygen atoms in total. The highest BCUT2D eigenvalue weighted by atomic mass is 16.4. The van der Waals surface area contributed by atoms with Crippen molar-refractivity contribution in [2.75, 3.05) is 13.1 Å². The molecule has 0 atom stereocenters. The summed E-state index contributed by atoms with van der Waals surface area (Å²) in [5, 5.41) is 0. The summed E-state index contributed by atoms with van der Waals surface area (Å²) < 4.78 is 5.47. The molecule has 0 saturated carbocycles. The molecule has 0 N–H and O–H groups in total. The fourth-order valence-corrected chi connectivity index (χ4v) is 2.93. The molecule has 2 aliphatic rings. The van der Waals surface area contributed by atoms with Crippen LogP contribution in [0.3, 0.4) is 0 Å². The minimum Gasteiger partial charge on any atom is -0.436 e. The second kappa shape index (κ2) is 5.84. The molecule has 21 heavy (non-hydrogen) atoms. The molecule has 1 saturated heterocycles. The number of aromatic nitrogens is 1. The van der Waals surface area contributed by atoms with Crippen molar-refractivity contribution in [2.24, 2.45) is 0 Å². The molecule has 5 heteroatoms. The molecule has 0 bridgehead atoms. The summed E-state index contributed by atoms with van der Waals surface area (Å²) in [5.41, 5.74) is 0.654. The van der Waals surface area contributed by atoms with Crippen molar-refractivity contribution < 1.29 is 14.0 Å². The Bertz CT molecular complexity index is 593. The van der Waals surface area contributed by atoms with Crippen LogP contribution in [-0.4, -0.2) is 34.5 Å². The third-order valence-electron chi connectivity index (χ3n) is 4.11. The molecule has 0 aromatic carbocycles. The number of hydrogen-bond acceptors (Lipinski definition) is 5. The molecule has 0 spiro atoms. The Morgan fingerprint density at radius 2 is 1.81 bits per heavy atom. The van der Waals surface area contributed by atoms with Crippen LogP contribution in [0.4, 0.5) is 0 Å². The molecule has 2 heterocycles. The van der Waals surface area contributed by atoms with E-state index in [-0.39, 0.29) is 23.0 Å². The van der Waals surface area contributed by atoms with Crippen molar-refractivity contribution in [1.29, 1.82) is 0 Å². The first-order valence-corrected chi connectivity index (χ1v) is 7.76. The molecule has 0 unspecified atom stereocenters. The number of rotatable bonds is 2. The van der Waals surface area contributed by atoms with Crippen molar-refractivity contribution >= 4 is 11.6 Å². The van der Waals surface area contributed by atoms with Crippen molar-refractivity contribution in [3.8, 4) is 0 Å². The monoisotopic (exact) mass is 288 g/mol. The Balaban J connectivity index is 1.89. The lowest BCUT2D eigenvalue weighted by molar-refractivity contribution is 0.0922. The van der Waals surface area contributed by atoms with Crippen molar-refractivity contribution in [3.05, 3.63) is 29.1 Å². The molecule has 112 valence electrons. The minimum atomic E-state index is -0.217. The van der Waals surface area contributed by atoms with Crippen LogP contribution < -0.4 is 0 Å². The Morgan fingerprint density at radius 1 is 1.14 bits per heavy atom. The normalized spacial score (nSPS) is 19.9. The van der Waals surface area contributed by atoms with E-state index < -0.39 is 0 Å². The standard InChI is InChI=1S/C16H20N2O3/c1-2-13-17-14-12(19)10-11(15(20)16(14)21-13)18-8-6-4-3-5-7-9-18/h10H,2-9H2,1H3. The van der Waals surface area contributed by atoms with Gasteiger partial charge >= 0.3 is 0 Å². The Kier molecular flexibility index (Phi) is 3.90. The van der Waals surface area contributed by atoms with E-state index in [2.05, 4.69) is 4.98 Å². The summed E-state index contributed by atoms with van der Waals surface area (Å²) in [6, 6.07) is 0. The van der Waals surface area contributed by atoms with Gasteiger partial charge in [-0.3, -0.25) is 9.59 Å². The first-order valence-electron chi connectivity index (χ1n) is 7.76. The van der Waals surface area contributed by atoms with E-state index in [1.54, 1.807) is 0 Å². The van der Waals surface area contributed by atoms with Crippen LogP contribution in [0.2, 0.25) is 0 Å².